The van der Waals surface area contributed by atoms with Crippen molar-refractivity contribution in [3.8, 4) is 5.75 Å². The number of phenols is 1. The van der Waals surface area contributed by atoms with Gasteiger partial charge in [0.2, 0.25) is 0 Å². The Morgan fingerprint density at radius 2 is 1.91 bits per heavy atom. The molecule has 1 aliphatic rings. The molecule has 0 spiro atoms. The minimum Gasteiger partial charge on any atom is -0.508 e. The van der Waals surface area contributed by atoms with Crippen LogP contribution in [0.2, 0.25) is 10.0 Å². The van der Waals surface area contributed by atoms with Gasteiger partial charge in [-0.1, -0.05) is 52.7 Å². The lowest BCUT2D eigenvalue weighted by atomic mass is 9.96. The summed E-state index contributed by atoms with van der Waals surface area (Å²) >= 11 is 13.3. The number of aromatic nitrogens is 1. The molecule has 3 aromatic rings. The molecule has 2 aromatic carbocycles. The van der Waals surface area contributed by atoms with Gasteiger partial charge in [0.25, 0.3) is 5.56 Å². The summed E-state index contributed by atoms with van der Waals surface area (Å²) in [7, 11) is 0. The van der Waals surface area contributed by atoms with E-state index in [2.05, 4.69) is 4.99 Å². The van der Waals surface area contributed by atoms with Crippen LogP contribution in [-0.2, 0) is 16.0 Å². The smallest absolute Gasteiger partial charge is 0.338 e. The first-order valence-corrected chi connectivity index (χ1v) is 11.8. The molecular formula is C24H20Cl2N2O4S. The van der Waals surface area contributed by atoms with Crippen LogP contribution in [-0.4, -0.2) is 22.2 Å². The van der Waals surface area contributed by atoms with Gasteiger partial charge in [-0.2, -0.15) is 0 Å². The van der Waals surface area contributed by atoms with E-state index < -0.39 is 12.0 Å². The average Bonchev–Trinajstić information content (AvgIpc) is 3.09. The highest BCUT2D eigenvalue weighted by Gasteiger charge is 2.33. The minimum absolute atomic E-state index is 0.0999. The van der Waals surface area contributed by atoms with Crippen LogP contribution in [0.15, 0.2) is 63.5 Å². The van der Waals surface area contributed by atoms with Crippen molar-refractivity contribution in [2.75, 3.05) is 6.61 Å². The second kappa shape index (κ2) is 9.55. The molecule has 9 heteroatoms. The number of rotatable bonds is 5. The number of aromatic hydroxyl groups is 1. The number of phenolic OH excluding ortho intramolecular Hbond substituents is 1. The summed E-state index contributed by atoms with van der Waals surface area (Å²) in [6.45, 7) is 3.67. The van der Waals surface area contributed by atoms with Gasteiger partial charge >= 0.3 is 5.97 Å². The number of hydrogen-bond donors (Lipinski definition) is 1. The SMILES string of the molecule is CCOC(=O)C1=C(C)N=c2s/c(=C\Cc3cc(Cl)ccc3O)c(=O)n2[C@@H]1c1ccc(Cl)cc1. The summed E-state index contributed by atoms with van der Waals surface area (Å²) < 4.78 is 7.24. The summed E-state index contributed by atoms with van der Waals surface area (Å²) in [5.41, 5.74) is 1.84. The molecule has 0 fully saturated rings. The Balaban J connectivity index is 1.87. The maximum atomic E-state index is 13.5. The Kier molecular flexibility index (Phi) is 6.74. The lowest BCUT2D eigenvalue weighted by Crippen LogP contribution is -2.39. The van der Waals surface area contributed by atoms with Crippen LogP contribution in [0, 0.1) is 0 Å². The number of esters is 1. The Hall–Kier alpha value is -2.87. The fourth-order valence-corrected chi connectivity index (χ4v) is 5.05. The number of nitrogens with zero attached hydrogens (tertiary/aromatic N) is 2. The number of fused-ring (bicyclic) bond motifs is 1. The normalized spacial score (nSPS) is 15.9. The number of carbonyl (C=O) groups excluding carboxylic acids is 1. The van der Waals surface area contributed by atoms with Crippen LogP contribution in [0.1, 0.15) is 31.0 Å². The molecule has 1 aromatic heterocycles. The highest BCUT2D eigenvalue weighted by molar-refractivity contribution is 7.07. The van der Waals surface area contributed by atoms with E-state index in [-0.39, 0.29) is 17.9 Å². The van der Waals surface area contributed by atoms with Gasteiger partial charge in [-0.3, -0.25) is 9.36 Å². The van der Waals surface area contributed by atoms with Gasteiger partial charge in [-0.25, -0.2) is 9.79 Å². The van der Waals surface area contributed by atoms with E-state index in [1.54, 1.807) is 56.3 Å². The van der Waals surface area contributed by atoms with Gasteiger partial charge in [0.1, 0.15) is 5.75 Å². The molecule has 0 amide bonds. The number of ether oxygens (including phenoxy) is 1. The van der Waals surface area contributed by atoms with Crippen LogP contribution in [0.4, 0.5) is 0 Å². The van der Waals surface area contributed by atoms with Crippen LogP contribution in [0.3, 0.4) is 0 Å². The molecule has 1 aliphatic heterocycles. The summed E-state index contributed by atoms with van der Waals surface area (Å²) in [6, 6.07) is 11.1. The molecule has 0 saturated carbocycles. The summed E-state index contributed by atoms with van der Waals surface area (Å²) in [4.78, 5) is 31.3. The van der Waals surface area contributed by atoms with Gasteiger partial charge in [-0.15, -0.1) is 0 Å². The molecule has 33 heavy (non-hydrogen) atoms. The third-order valence-corrected chi connectivity index (χ3v) is 6.77. The van der Waals surface area contributed by atoms with E-state index >= 15 is 0 Å². The minimum atomic E-state index is -0.695. The van der Waals surface area contributed by atoms with Gasteiger partial charge < -0.3 is 9.84 Å². The van der Waals surface area contributed by atoms with Crippen molar-refractivity contribution < 1.29 is 14.6 Å². The van der Waals surface area contributed by atoms with Crippen LogP contribution < -0.4 is 14.9 Å². The summed E-state index contributed by atoms with van der Waals surface area (Å²) in [5, 5.41) is 11.1. The van der Waals surface area contributed by atoms with Crippen LogP contribution in [0.25, 0.3) is 6.08 Å². The zero-order valence-corrected chi connectivity index (χ0v) is 20.2. The zero-order valence-electron chi connectivity index (χ0n) is 17.8. The number of carbonyl (C=O) groups is 1. The third-order valence-electron chi connectivity index (χ3n) is 5.25. The van der Waals surface area contributed by atoms with Gasteiger partial charge in [0, 0.05) is 10.0 Å². The monoisotopic (exact) mass is 502 g/mol. The van der Waals surface area contributed by atoms with Crippen molar-refractivity contribution in [1.29, 1.82) is 0 Å². The molecule has 0 aliphatic carbocycles. The fourth-order valence-electron chi connectivity index (χ4n) is 3.71. The summed E-state index contributed by atoms with van der Waals surface area (Å²) in [6.07, 6.45) is 2.04. The molecule has 1 N–H and O–H groups in total. The molecule has 6 nitrogen and oxygen atoms in total. The van der Waals surface area contributed by atoms with Crippen molar-refractivity contribution in [2.45, 2.75) is 26.3 Å². The van der Waals surface area contributed by atoms with E-state index in [0.717, 1.165) is 5.56 Å². The van der Waals surface area contributed by atoms with E-state index in [1.807, 2.05) is 0 Å². The van der Waals surface area contributed by atoms with Gasteiger partial charge in [-0.05, 0) is 61.7 Å². The van der Waals surface area contributed by atoms with E-state index in [0.29, 0.717) is 42.6 Å². The number of benzene rings is 2. The first-order valence-electron chi connectivity index (χ1n) is 10.2. The molecule has 170 valence electrons. The Morgan fingerprint density at radius 1 is 1.21 bits per heavy atom. The molecular weight excluding hydrogens is 483 g/mol. The van der Waals surface area contributed by atoms with E-state index in [9.17, 15) is 14.7 Å². The van der Waals surface area contributed by atoms with Crippen molar-refractivity contribution >= 4 is 46.6 Å². The number of halogens is 2. The molecule has 0 saturated heterocycles. The molecule has 0 bridgehead atoms. The Bertz CT molecular complexity index is 1440. The molecule has 4 rings (SSSR count). The predicted molar refractivity (Wildman–Crippen MR) is 130 cm³/mol. The van der Waals surface area contributed by atoms with Crippen molar-refractivity contribution in [1.82, 2.24) is 4.57 Å². The maximum Gasteiger partial charge on any atom is 0.338 e. The fraction of sp³-hybridized carbons (Fsp3) is 0.208. The predicted octanol–water partition coefficient (Wildman–Crippen LogP) is 4.01. The lowest BCUT2D eigenvalue weighted by Gasteiger charge is -2.24. The van der Waals surface area contributed by atoms with Gasteiger partial charge in [0.05, 0.1) is 28.5 Å². The highest BCUT2D eigenvalue weighted by Crippen LogP contribution is 2.31. The second-order valence-electron chi connectivity index (χ2n) is 7.39. The van der Waals surface area contributed by atoms with Crippen molar-refractivity contribution in [2.24, 2.45) is 4.99 Å². The van der Waals surface area contributed by atoms with Gasteiger partial charge in [0.15, 0.2) is 4.80 Å². The van der Waals surface area contributed by atoms with Crippen molar-refractivity contribution in [3.05, 3.63) is 94.6 Å². The number of thiazole rings is 1. The molecule has 2 heterocycles. The lowest BCUT2D eigenvalue weighted by molar-refractivity contribution is -0.139. The number of hydrogen-bond acceptors (Lipinski definition) is 6. The molecule has 1 atom stereocenters. The van der Waals surface area contributed by atoms with Crippen LogP contribution >= 0.6 is 34.5 Å². The second-order valence-corrected chi connectivity index (χ2v) is 9.27. The standard InChI is InChI=1S/C24H20Cl2N2O4S/c1-3-32-23(31)20-13(2)27-24-28(21(20)14-4-7-16(25)8-5-14)22(30)19(33-24)11-6-15-12-17(26)9-10-18(15)29/h4-5,7-12,21,29H,3,6H2,1-2H3/b19-11-/t21-/m1/s1. The third kappa shape index (κ3) is 4.62. The zero-order chi connectivity index (χ0) is 23.7. The topological polar surface area (TPSA) is 80.9 Å². The van der Waals surface area contributed by atoms with Crippen molar-refractivity contribution in [3.63, 3.8) is 0 Å². The molecule has 0 radical (unpaired) electrons. The van der Waals surface area contributed by atoms with E-state index in [4.69, 9.17) is 27.9 Å². The van der Waals surface area contributed by atoms with Crippen LogP contribution in [0.5, 0.6) is 5.75 Å². The average molecular weight is 503 g/mol. The first kappa shape index (κ1) is 23.3. The number of allylic oxidation sites excluding steroid dienone is 1. The highest BCUT2D eigenvalue weighted by atomic mass is 35.5. The first-order chi connectivity index (χ1) is 15.8. The molecule has 0 unspecified atom stereocenters. The Morgan fingerprint density at radius 3 is 2.61 bits per heavy atom. The quantitative estimate of drug-likeness (QED) is 0.534. The maximum absolute atomic E-state index is 13.5. The Labute approximate surface area is 203 Å². The summed E-state index contributed by atoms with van der Waals surface area (Å²) in [5.74, 6) is -0.417. The largest absolute Gasteiger partial charge is 0.508 e. The van der Waals surface area contributed by atoms with E-state index in [1.165, 1.54) is 22.0 Å².